The zero-order valence-electron chi connectivity index (χ0n) is 16.4. The van der Waals surface area contributed by atoms with Crippen LogP contribution in [-0.2, 0) is 0 Å². The van der Waals surface area contributed by atoms with Gasteiger partial charge in [-0.05, 0) is 48.7 Å². The molecule has 0 aliphatic carbocycles. The standard InChI is InChI=1S/C24H20N2O3S/c1-30-17-9-6-15(7-10-17)24-26-20(18-4-2-3-5-21(18)29-24)13-19(25-26)16-8-11-22-23(12-16)28-14-27-22/h2-13,20,24-25H,14H2,1H3/t20-,24+/m1/s1. The summed E-state index contributed by atoms with van der Waals surface area (Å²) in [6.45, 7) is 0.273. The Bertz CT molecular complexity index is 1150. The number of nitrogens with zero attached hydrogens (tertiary/aromatic N) is 1. The van der Waals surface area contributed by atoms with Gasteiger partial charge in [-0.25, -0.2) is 0 Å². The van der Waals surface area contributed by atoms with Gasteiger partial charge in [0.2, 0.25) is 6.79 Å². The van der Waals surface area contributed by atoms with E-state index in [1.54, 1.807) is 11.8 Å². The fraction of sp³-hybridized carbons (Fsp3) is 0.167. The molecule has 0 saturated carbocycles. The molecule has 30 heavy (non-hydrogen) atoms. The summed E-state index contributed by atoms with van der Waals surface area (Å²) in [4.78, 5) is 1.24. The molecule has 3 aliphatic rings. The molecule has 3 heterocycles. The minimum Gasteiger partial charge on any atom is -0.469 e. The van der Waals surface area contributed by atoms with Gasteiger partial charge in [0.15, 0.2) is 17.7 Å². The molecule has 1 N–H and O–H groups in total. The molecule has 3 aromatic carbocycles. The third kappa shape index (κ3) is 2.83. The molecule has 0 fully saturated rings. The van der Waals surface area contributed by atoms with E-state index in [4.69, 9.17) is 14.2 Å². The summed E-state index contributed by atoms with van der Waals surface area (Å²) in [5.74, 6) is 2.49. The first-order chi connectivity index (χ1) is 14.8. The first-order valence-electron chi connectivity index (χ1n) is 9.86. The topological polar surface area (TPSA) is 43.0 Å². The summed E-state index contributed by atoms with van der Waals surface area (Å²) in [7, 11) is 0. The lowest BCUT2D eigenvalue weighted by Crippen LogP contribution is -2.43. The molecule has 3 aromatic rings. The molecular weight excluding hydrogens is 396 g/mol. The van der Waals surface area contributed by atoms with Gasteiger partial charge >= 0.3 is 0 Å². The molecular formula is C24H20N2O3S. The summed E-state index contributed by atoms with van der Waals surface area (Å²) in [6, 6.07) is 22.9. The summed E-state index contributed by atoms with van der Waals surface area (Å²) < 4.78 is 17.5. The third-order valence-corrected chi connectivity index (χ3v) is 6.43. The van der Waals surface area contributed by atoms with Crippen molar-refractivity contribution in [3.05, 3.63) is 89.5 Å². The van der Waals surface area contributed by atoms with Gasteiger partial charge in [0, 0.05) is 21.6 Å². The number of thioether (sulfide) groups is 1. The number of hydrogen-bond donors (Lipinski definition) is 1. The molecule has 5 nitrogen and oxygen atoms in total. The van der Waals surface area contributed by atoms with Gasteiger partial charge in [0.25, 0.3) is 0 Å². The van der Waals surface area contributed by atoms with Gasteiger partial charge in [0.1, 0.15) is 5.75 Å². The molecule has 6 rings (SSSR count). The van der Waals surface area contributed by atoms with Crippen LogP contribution in [0.1, 0.15) is 29.0 Å². The van der Waals surface area contributed by atoms with Crippen molar-refractivity contribution in [1.82, 2.24) is 10.4 Å². The lowest BCUT2D eigenvalue weighted by molar-refractivity contribution is -0.0326. The van der Waals surface area contributed by atoms with Crippen LogP contribution in [0.4, 0.5) is 0 Å². The van der Waals surface area contributed by atoms with Crippen molar-refractivity contribution in [2.24, 2.45) is 0 Å². The Labute approximate surface area is 179 Å². The summed E-state index contributed by atoms with van der Waals surface area (Å²) in [6.07, 6.45) is 4.10. The zero-order valence-corrected chi connectivity index (χ0v) is 17.2. The number of para-hydroxylation sites is 1. The number of benzene rings is 3. The predicted molar refractivity (Wildman–Crippen MR) is 116 cm³/mol. The van der Waals surface area contributed by atoms with Crippen molar-refractivity contribution in [1.29, 1.82) is 0 Å². The quantitative estimate of drug-likeness (QED) is 0.597. The Morgan fingerprint density at radius 2 is 1.77 bits per heavy atom. The van der Waals surface area contributed by atoms with Crippen LogP contribution >= 0.6 is 11.8 Å². The fourth-order valence-corrected chi connectivity index (χ4v) is 4.57. The second kappa shape index (κ2) is 7.00. The lowest BCUT2D eigenvalue weighted by Gasteiger charge is -2.39. The van der Waals surface area contributed by atoms with E-state index in [-0.39, 0.29) is 19.1 Å². The molecule has 6 heteroatoms. The van der Waals surface area contributed by atoms with Gasteiger partial charge in [-0.15, -0.1) is 11.8 Å². The largest absolute Gasteiger partial charge is 0.469 e. The van der Waals surface area contributed by atoms with E-state index < -0.39 is 0 Å². The Morgan fingerprint density at radius 3 is 2.63 bits per heavy atom. The molecule has 0 spiro atoms. The Hall–Kier alpha value is -3.09. The maximum Gasteiger partial charge on any atom is 0.231 e. The molecule has 0 saturated heterocycles. The van der Waals surface area contributed by atoms with Crippen LogP contribution < -0.4 is 19.6 Å². The van der Waals surface area contributed by atoms with Crippen LogP contribution in [0.5, 0.6) is 17.2 Å². The number of rotatable bonds is 3. The van der Waals surface area contributed by atoms with Gasteiger partial charge in [0.05, 0.1) is 11.7 Å². The number of fused-ring (bicyclic) bond motifs is 4. The highest BCUT2D eigenvalue weighted by Gasteiger charge is 2.40. The van der Waals surface area contributed by atoms with E-state index in [0.29, 0.717) is 0 Å². The molecule has 0 unspecified atom stereocenters. The van der Waals surface area contributed by atoms with Crippen LogP contribution in [0.3, 0.4) is 0 Å². The highest BCUT2D eigenvalue weighted by molar-refractivity contribution is 7.98. The predicted octanol–water partition coefficient (Wildman–Crippen LogP) is 5.13. The number of hydrogen-bond acceptors (Lipinski definition) is 6. The smallest absolute Gasteiger partial charge is 0.231 e. The molecule has 0 amide bonds. The highest BCUT2D eigenvalue weighted by atomic mass is 32.2. The minimum atomic E-state index is -0.233. The monoisotopic (exact) mass is 416 g/mol. The van der Waals surface area contributed by atoms with Gasteiger partial charge in [-0.2, -0.15) is 5.01 Å². The van der Waals surface area contributed by atoms with E-state index in [1.807, 2.05) is 24.3 Å². The SMILES string of the molecule is CSc1ccc([C@@H]2Oc3ccccc3[C@H]3C=C(c4ccc5c(c4)OCO5)NN32)cc1. The Balaban J connectivity index is 1.39. The van der Waals surface area contributed by atoms with E-state index >= 15 is 0 Å². The average molecular weight is 417 g/mol. The van der Waals surface area contributed by atoms with Crippen LogP contribution in [0.15, 0.2) is 77.7 Å². The van der Waals surface area contributed by atoms with Crippen molar-refractivity contribution in [3.8, 4) is 17.2 Å². The molecule has 0 radical (unpaired) electrons. The lowest BCUT2D eigenvalue weighted by atomic mass is 10.0. The van der Waals surface area contributed by atoms with Gasteiger partial charge in [-0.3, -0.25) is 0 Å². The Morgan fingerprint density at radius 1 is 0.933 bits per heavy atom. The van der Waals surface area contributed by atoms with Gasteiger partial charge in [-0.1, -0.05) is 30.3 Å². The molecule has 3 aliphatic heterocycles. The second-order valence-electron chi connectivity index (χ2n) is 7.39. The van der Waals surface area contributed by atoms with E-state index in [2.05, 4.69) is 65.2 Å². The minimum absolute atomic E-state index is 0.0700. The van der Waals surface area contributed by atoms with Crippen molar-refractivity contribution < 1.29 is 14.2 Å². The van der Waals surface area contributed by atoms with Crippen LogP contribution in [0.25, 0.3) is 5.70 Å². The van der Waals surface area contributed by atoms with E-state index in [1.165, 1.54) is 4.90 Å². The Kier molecular flexibility index (Phi) is 4.14. The third-order valence-electron chi connectivity index (χ3n) is 5.69. The summed E-state index contributed by atoms with van der Waals surface area (Å²) in [5.41, 5.74) is 7.94. The maximum absolute atomic E-state index is 6.44. The second-order valence-corrected chi connectivity index (χ2v) is 8.27. The van der Waals surface area contributed by atoms with Crippen molar-refractivity contribution in [2.45, 2.75) is 17.2 Å². The van der Waals surface area contributed by atoms with E-state index in [0.717, 1.165) is 39.6 Å². The van der Waals surface area contributed by atoms with Crippen molar-refractivity contribution in [3.63, 3.8) is 0 Å². The summed E-state index contributed by atoms with van der Waals surface area (Å²) >= 11 is 1.74. The highest BCUT2D eigenvalue weighted by Crippen LogP contribution is 2.46. The maximum atomic E-state index is 6.44. The fourth-order valence-electron chi connectivity index (χ4n) is 4.16. The number of nitrogens with one attached hydrogen (secondary N) is 1. The number of ether oxygens (including phenoxy) is 3. The normalized spacial score (nSPS) is 21.3. The molecule has 2 atom stereocenters. The van der Waals surface area contributed by atoms with E-state index in [9.17, 15) is 0 Å². The van der Waals surface area contributed by atoms with Crippen LogP contribution in [-0.4, -0.2) is 18.1 Å². The average Bonchev–Trinajstić information content (AvgIpc) is 3.45. The molecule has 0 aromatic heterocycles. The first kappa shape index (κ1) is 17.7. The summed E-state index contributed by atoms with van der Waals surface area (Å²) in [5, 5.41) is 2.18. The molecule has 0 bridgehead atoms. The van der Waals surface area contributed by atoms with Gasteiger partial charge < -0.3 is 19.6 Å². The molecule has 150 valence electrons. The number of hydrazine groups is 1. The van der Waals surface area contributed by atoms with Crippen molar-refractivity contribution >= 4 is 17.5 Å². The zero-order chi connectivity index (χ0) is 20.1. The van der Waals surface area contributed by atoms with Crippen LogP contribution in [0, 0.1) is 0 Å². The van der Waals surface area contributed by atoms with Crippen molar-refractivity contribution in [2.75, 3.05) is 13.0 Å². The van der Waals surface area contributed by atoms with Crippen LogP contribution in [0.2, 0.25) is 0 Å². The first-order valence-corrected chi connectivity index (χ1v) is 11.1.